The Kier molecular flexibility index (Phi) is 5.53. The average molecular weight is 351 g/mol. The molecule has 1 aromatic heterocycles. The summed E-state index contributed by atoms with van der Waals surface area (Å²) in [7, 11) is 0. The second-order valence-electron chi connectivity index (χ2n) is 7.36. The first-order chi connectivity index (χ1) is 12.9. The van der Waals surface area contributed by atoms with Crippen LogP contribution in [0.15, 0.2) is 36.5 Å². The number of benzene rings is 1. The number of rotatable bonds is 4. The van der Waals surface area contributed by atoms with Crippen LogP contribution in [0.1, 0.15) is 44.9 Å². The van der Waals surface area contributed by atoms with Gasteiger partial charge in [-0.3, -0.25) is 0 Å². The fourth-order valence-corrected chi connectivity index (χ4v) is 3.92. The molecule has 26 heavy (non-hydrogen) atoms. The molecular weight excluding hydrogens is 322 g/mol. The third-order valence-corrected chi connectivity index (χ3v) is 5.42. The number of nitrogens with one attached hydrogen (secondary N) is 1. The molecule has 2 aliphatic rings. The summed E-state index contributed by atoms with van der Waals surface area (Å²) in [6.45, 7) is 4.55. The van der Waals surface area contributed by atoms with E-state index < -0.39 is 0 Å². The first-order valence-corrected chi connectivity index (χ1v) is 10.1. The van der Waals surface area contributed by atoms with Gasteiger partial charge in [0.2, 0.25) is 5.95 Å². The molecule has 0 saturated carbocycles. The molecule has 5 nitrogen and oxygen atoms in total. The summed E-state index contributed by atoms with van der Waals surface area (Å²) in [6, 6.07) is 10.7. The summed E-state index contributed by atoms with van der Waals surface area (Å²) in [5.41, 5.74) is 2.35. The maximum Gasteiger partial charge on any atom is 0.229 e. The van der Waals surface area contributed by atoms with E-state index in [1.165, 1.54) is 63.7 Å². The molecule has 2 aromatic rings. The van der Waals surface area contributed by atoms with Crippen molar-refractivity contribution < 1.29 is 0 Å². The largest absolute Gasteiger partial charge is 0.372 e. The van der Waals surface area contributed by atoms with Gasteiger partial charge in [-0.1, -0.05) is 12.8 Å². The van der Waals surface area contributed by atoms with Gasteiger partial charge in [0.05, 0.1) is 0 Å². The fraction of sp³-hybridized carbons (Fsp3) is 0.524. The molecule has 5 heteroatoms. The number of hydrogen-bond donors (Lipinski definition) is 1. The Bertz CT molecular complexity index is 686. The van der Waals surface area contributed by atoms with Crippen LogP contribution in [0.4, 0.5) is 23.1 Å². The number of anilines is 4. The zero-order valence-electron chi connectivity index (χ0n) is 15.5. The lowest BCUT2D eigenvalue weighted by Crippen LogP contribution is -2.29. The van der Waals surface area contributed by atoms with Gasteiger partial charge in [0.15, 0.2) is 0 Å². The highest BCUT2D eigenvalue weighted by Crippen LogP contribution is 2.24. The average Bonchev–Trinajstić information content (AvgIpc) is 2.99. The normalized spacial score (nSPS) is 18.5. The molecule has 3 heterocycles. The molecular formula is C21H29N5. The molecule has 138 valence electrons. The zero-order chi connectivity index (χ0) is 17.6. The second kappa shape index (κ2) is 8.39. The molecule has 0 bridgehead atoms. The Morgan fingerprint density at radius 3 is 2.00 bits per heavy atom. The highest BCUT2D eigenvalue weighted by molar-refractivity contribution is 5.60. The Labute approximate surface area is 156 Å². The Hall–Kier alpha value is -2.30. The van der Waals surface area contributed by atoms with Crippen molar-refractivity contribution in [2.24, 2.45) is 0 Å². The summed E-state index contributed by atoms with van der Waals surface area (Å²) >= 11 is 0. The molecule has 2 saturated heterocycles. The predicted molar refractivity (Wildman–Crippen MR) is 109 cm³/mol. The minimum Gasteiger partial charge on any atom is -0.372 e. The van der Waals surface area contributed by atoms with Crippen molar-refractivity contribution in [2.75, 3.05) is 41.3 Å². The first-order valence-electron chi connectivity index (χ1n) is 10.1. The van der Waals surface area contributed by atoms with Crippen molar-refractivity contribution in [1.82, 2.24) is 9.97 Å². The molecule has 1 N–H and O–H groups in total. The Morgan fingerprint density at radius 1 is 0.692 bits per heavy atom. The van der Waals surface area contributed by atoms with Crippen molar-refractivity contribution in [2.45, 2.75) is 44.9 Å². The smallest absolute Gasteiger partial charge is 0.229 e. The third kappa shape index (κ3) is 4.26. The molecule has 1 aromatic carbocycles. The van der Waals surface area contributed by atoms with Gasteiger partial charge < -0.3 is 15.1 Å². The van der Waals surface area contributed by atoms with Gasteiger partial charge in [-0.15, -0.1) is 0 Å². The lowest BCUT2D eigenvalue weighted by molar-refractivity contribution is 0.578. The molecule has 2 fully saturated rings. The van der Waals surface area contributed by atoms with Crippen LogP contribution >= 0.6 is 0 Å². The van der Waals surface area contributed by atoms with Gasteiger partial charge in [-0.05, 0) is 62.4 Å². The summed E-state index contributed by atoms with van der Waals surface area (Å²) in [5, 5.41) is 3.36. The molecule has 4 rings (SSSR count). The van der Waals surface area contributed by atoms with Gasteiger partial charge in [0.1, 0.15) is 5.82 Å². The topological polar surface area (TPSA) is 44.3 Å². The minimum atomic E-state index is 0.678. The summed E-state index contributed by atoms with van der Waals surface area (Å²) < 4.78 is 0. The lowest BCUT2D eigenvalue weighted by atomic mass is 10.1. The molecule has 0 amide bonds. The van der Waals surface area contributed by atoms with Crippen LogP contribution in [0, 0.1) is 0 Å². The van der Waals surface area contributed by atoms with Crippen molar-refractivity contribution in [3.8, 4) is 0 Å². The second-order valence-corrected chi connectivity index (χ2v) is 7.36. The molecule has 0 unspecified atom stereocenters. The maximum atomic E-state index is 4.74. The standard InChI is InChI=1S/C21H29N5/c1-2-5-17-26(16-4-1)20-12-13-22-21(24-20)23-18-8-10-19(11-9-18)25-14-6-3-7-15-25/h8-13H,1-7,14-17H2,(H,22,23,24). The fourth-order valence-electron chi connectivity index (χ4n) is 3.92. The minimum absolute atomic E-state index is 0.678. The van der Waals surface area contributed by atoms with E-state index in [2.05, 4.69) is 44.4 Å². The van der Waals surface area contributed by atoms with Crippen LogP contribution in [0.25, 0.3) is 0 Å². The van der Waals surface area contributed by atoms with E-state index in [4.69, 9.17) is 4.98 Å². The van der Waals surface area contributed by atoms with Crippen LogP contribution in [0.2, 0.25) is 0 Å². The monoisotopic (exact) mass is 351 g/mol. The molecule has 2 aliphatic heterocycles. The van der Waals surface area contributed by atoms with E-state index in [1.807, 2.05) is 12.3 Å². The van der Waals surface area contributed by atoms with Crippen LogP contribution in [0.5, 0.6) is 0 Å². The third-order valence-electron chi connectivity index (χ3n) is 5.42. The van der Waals surface area contributed by atoms with Crippen molar-refractivity contribution in [3.63, 3.8) is 0 Å². The van der Waals surface area contributed by atoms with Crippen LogP contribution in [0.3, 0.4) is 0 Å². The number of piperidine rings is 1. The number of hydrogen-bond acceptors (Lipinski definition) is 5. The SMILES string of the molecule is c1cc(N2CCCCCC2)nc(Nc2ccc(N3CCCCC3)cc2)n1. The Morgan fingerprint density at radius 2 is 1.31 bits per heavy atom. The lowest BCUT2D eigenvalue weighted by Gasteiger charge is -2.28. The molecule has 0 atom stereocenters. The van der Waals surface area contributed by atoms with E-state index in [1.54, 1.807) is 0 Å². The van der Waals surface area contributed by atoms with Gasteiger partial charge in [0, 0.05) is 43.8 Å². The zero-order valence-corrected chi connectivity index (χ0v) is 15.5. The van der Waals surface area contributed by atoms with E-state index in [9.17, 15) is 0 Å². The molecule has 0 radical (unpaired) electrons. The van der Waals surface area contributed by atoms with Crippen LogP contribution in [-0.4, -0.2) is 36.1 Å². The highest BCUT2D eigenvalue weighted by atomic mass is 15.2. The highest BCUT2D eigenvalue weighted by Gasteiger charge is 2.13. The number of nitrogens with zero attached hydrogens (tertiary/aromatic N) is 4. The summed E-state index contributed by atoms with van der Waals surface area (Å²) in [5.74, 6) is 1.71. The quantitative estimate of drug-likeness (QED) is 0.873. The van der Waals surface area contributed by atoms with Crippen molar-refractivity contribution in [3.05, 3.63) is 36.5 Å². The van der Waals surface area contributed by atoms with Gasteiger partial charge in [-0.2, -0.15) is 4.98 Å². The number of aromatic nitrogens is 2. The van der Waals surface area contributed by atoms with Gasteiger partial charge in [0.25, 0.3) is 0 Å². The van der Waals surface area contributed by atoms with E-state index in [0.717, 1.165) is 24.6 Å². The van der Waals surface area contributed by atoms with E-state index >= 15 is 0 Å². The van der Waals surface area contributed by atoms with Crippen molar-refractivity contribution >= 4 is 23.1 Å². The molecule has 0 spiro atoms. The molecule has 0 aliphatic carbocycles. The summed E-state index contributed by atoms with van der Waals surface area (Å²) in [6.07, 6.45) is 11.0. The maximum absolute atomic E-state index is 4.74. The first kappa shape index (κ1) is 17.1. The van der Waals surface area contributed by atoms with E-state index in [0.29, 0.717) is 5.95 Å². The summed E-state index contributed by atoms with van der Waals surface area (Å²) in [4.78, 5) is 14.0. The van der Waals surface area contributed by atoms with Gasteiger partial charge >= 0.3 is 0 Å². The van der Waals surface area contributed by atoms with Crippen LogP contribution < -0.4 is 15.1 Å². The predicted octanol–water partition coefficient (Wildman–Crippen LogP) is 4.59. The van der Waals surface area contributed by atoms with Crippen molar-refractivity contribution in [1.29, 1.82) is 0 Å². The van der Waals surface area contributed by atoms with Gasteiger partial charge in [-0.25, -0.2) is 4.98 Å². The van der Waals surface area contributed by atoms with E-state index in [-0.39, 0.29) is 0 Å². The Balaban J connectivity index is 1.42. The van der Waals surface area contributed by atoms with Crippen LogP contribution in [-0.2, 0) is 0 Å².